The van der Waals surface area contributed by atoms with E-state index in [1.165, 1.54) is 4.90 Å². The molecule has 2 amide bonds. The van der Waals surface area contributed by atoms with Gasteiger partial charge in [0.15, 0.2) is 0 Å². The molecule has 2 aliphatic heterocycles. The summed E-state index contributed by atoms with van der Waals surface area (Å²) >= 11 is 0. The maximum absolute atomic E-state index is 12.4. The van der Waals surface area contributed by atoms with Gasteiger partial charge in [-0.15, -0.1) is 0 Å². The van der Waals surface area contributed by atoms with Crippen molar-refractivity contribution in [2.45, 2.75) is 25.7 Å². The number of aliphatic carboxylic acids is 1. The van der Waals surface area contributed by atoms with Gasteiger partial charge in [0, 0.05) is 19.8 Å². The second-order valence-corrected chi connectivity index (χ2v) is 6.12. The van der Waals surface area contributed by atoms with Gasteiger partial charge in [0.25, 0.3) is 0 Å². The number of amides is 2. The molecule has 6 heteroatoms. The van der Waals surface area contributed by atoms with Gasteiger partial charge in [0.05, 0.1) is 17.3 Å². The molecule has 3 rings (SSSR count). The smallest absolute Gasteiger partial charge is 0.311 e. The summed E-state index contributed by atoms with van der Waals surface area (Å²) in [6.45, 7) is 0.699. The van der Waals surface area contributed by atoms with Crippen molar-refractivity contribution in [3.8, 4) is 0 Å². The van der Waals surface area contributed by atoms with E-state index in [1.54, 1.807) is 0 Å². The molecule has 6 nitrogen and oxygen atoms in total. The van der Waals surface area contributed by atoms with Crippen LogP contribution in [0.2, 0.25) is 0 Å². The van der Waals surface area contributed by atoms with Crippen LogP contribution in [0.3, 0.4) is 0 Å². The third kappa shape index (κ3) is 2.27. The van der Waals surface area contributed by atoms with Crippen LogP contribution in [0.25, 0.3) is 0 Å². The van der Waals surface area contributed by atoms with Gasteiger partial charge < -0.3 is 9.84 Å². The number of ether oxygens (including phenoxy) is 1. The van der Waals surface area contributed by atoms with Gasteiger partial charge in [-0.25, -0.2) is 0 Å². The molecule has 0 aromatic heterocycles. The average molecular weight is 293 g/mol. The fourth-order valence-electron chi connectivity index (χ4n) is 3.53. The lowest BCUT2D eigenvalue weighted by Crippen LogP contribution is -2.48. The molecule has 0 aromatic carbocycles. The van der Waals surface area contributed by atoms with Crippen molar-refractivity contribution in [2.24, 2.45) is 17.3 Å². The molecule has 114 valence electrons. The van der Waals surface area contributed by atoms with Crippen LogP contribution in [-0.2, 0) is 19.1 Å². The number of carbonyl (C=O) groups excluding carboxylic acids is 2. The summed E-state index contributed by atoms with van der Waals surface area (Å²) in [5, 5.41) is 9.56. The standard InChI is InChI=1S/C15H19NO5/c17-12-10-3-1-2-4-11(10)13(18)16(12)9-15(14(19)20)5-7-21-8-6-15/h1-2,10-11H,3-9H2,(H,19,20)/t10-,11+. The zero-order valence-electron chi connectivity index (χ0n) is 11.8. The zero-order valence-corrected chi connectivity index (χ0v) is 11.8. The lowest BCUT2D eigenvalue weighted by Gasteiger charge is -2.35. The van der Waals surface area contributed by atoms with Crippen LogP contribution >= 0.6 is 0 Å². The van der Waals surface area contributed by atoms with E-state index in [1.807, 2.05) is 12.2 Å². The van der Waals surface area contributed by atoms with Crippen LogP contribution in [0.4, 0.5) is 0 Å². The number of carboxylic acids is 1. The van der Waals surface area contributed by atoms with Crippen molar-refractivity contribution >= 4 is 17.8 Å². The SMILES string of the molecule is O=C1[C@H]2CC=CC[C@H]2C(=O)N1CC1(C(=O)O)CCOCC1. The Morgan fingerprint density at radius 3 is 2.19 bits per heavy atom. The first-order valence-electron chi connectivity index (χ1n) is 7.36. The molecule has 0 aromatic rings. The minimum absolute atomic E-state index is 0.0175. The highest BCUT2D eigenvalue weighted by molar-refractivity contribution is 6.05. The predicted molar refractivity (Wildman–Crippen MR) is 72.2 cm³/mol. The summed E-state index contributed by atoms with van der Waals surface area (Å²) in [5.41, 5.74) is -1.05. The molecule has 2 atom stereocenters. The van der Waals surface area contributed by atoms with Gasteiger partial charge in [-0.3, -0.25) is 19.3 Å². The van der Waals surface area contributed by atoms with Gasteiger partial charge in [0.1, 0.15) is 0 Å². The Morgan fingerprint density at radius 2 is 1.71 bits per heavy atom. The maximum atomic E-state index is 12.4. The lowest BCUT2D eigenvalue weighted by atomic mass is 9.79. The van der Waals surface area contributed by atoms with E-state index in [4.69, 9.17) is 4.74 Å². The number of allylic oxidation sites excluding steroid dienone is 2. The Bertz CT molecular complexity index is 480. The molecule has 3 aliphatic rings. The first-order valence-corrected chi connectivity index (χ1v) is 7.36. The largest absolute Gasteiger partial charge is 0.481 e. The molecule has 2 heterocycles. The van der Waals surface area contributed by atoms with Crippen LogP contribution in [-0.4, -0.2) is 47.5 Å². The predicted octanol–water partition coefficient (Wildman–Crippen LogP) is 0.819. The Morgan fingerprint density at radius 1 is 1.19 bits per heavy atom. The van der Waals surface area contributed by atoms with E-state index in [-0.39, 0.29) is 30.2 Å². The Hall–Kier alpha value is -1.69. The molecule has 1 aliphatic carbocycles. The lowest BCUT2D eigenvalue weighted by molar-refractivity contribution is -0.159. The monoisotopic (exact) mass is 293 g/mol. The van der Waals surface area contributed by atoms with E-state index >= 15 is 0 Å². The third-order valence-electron chi connectivity index (χ3n) is 4.96. The van der Waals surface area contributed by atoms with Crippen molar-refractivity contribution in [2.75, 3.05) is 19.8 Å². The summed E-state index contributed by atoms with van der Waals surface area (Å²) in [6, 6.07) is 0. The number of carboxylic acid groups (broad SMARTS) is 1. The minimum Gasteiger partial charge on any atom is -0.481 e. The summed E-state index contributed by atoms with van der Waals surface area (Å²) in [6.07, 6.45) is 5.69. The molecule has 0 radical (unpaired) electrons. The fourth-order valence-corrected chi connectivity index (χ4v) is 3.53. The average Bonchev–Trinajstić information content (AvgIpc) is 2.74. The van der Waals surface area contributed by atoms with Crippen LogP contribution in [0, 0.1) is 17.3 Å². The van der Waals surface area contributed by atoms with Crippen LogP contribution in [0.5, 0.6) is 0 Å². The number of imide groups is 1. The van der Waals surface area contributed by atoms with E-state index < -0.39 is 11.4 Å². The Balaban J connectivity index is 1.82. The van der Waals surface area contributed by atoms with E-state index in [2.05, 4.69) is 0 Å². The Kier molecular flexibility index (Phi) is 3.57. The molecule has 0 saturated carbocycles. The highest BCUT2D eigenvalue weighted by atomic mass is 16.5. The number of hydrogen-bond donors (Lipinski definition) is 1. The normalized spacial score (nSPS) is 31.3. The van der Waals surface area contributed by atoms with Gasteiger partial charge in [0.2, 0.25) is 11.8 Å². The van der Waals surface area contributed by atoms with Crippen LogP contribution < -0.4 is 0 Å². The van der Waals surface area contributed by atoms with Crippen molar-refractivity contribution in [3.05, 3.63) is 12.2 Å². The van der Waals surface area contributed by atoms with Gasteiger partial charge >= 0.3 is 5.97 Å². The quantitative estimate of drug-likeness (QED) is 0.615. The van der Waals surface area contributed by atoms with Crippen molar-refractivity contribution in [1.82, 2.24) is 4.90 Å². The number of hydrogen-bond acceptors (Lipinski definition) is 4. The molecule has 0 bridgehead atoms. The molecule has 1 N–H and O–H groups in total. The molecule has 0 spiro atoms. The number of rotatable bonds is 3. The molecule has 21 heavy (non-hydrogen) atoms. The Labute approximate surface area is 122 Å². The summed E-state index contributed by atoms with van der Waals surface area (Å²) in [5.74, 6) is -1.95. The van der Waals surface area contributed by atoms with Crippen molar-refractivity contribution in [3.63, 3.8) is 0 Å². The van der Waals surface area contributed by atoms with Gasteiger partial charge in [-0.2, -0.15) is 0 Å². The first kappa shape index (κ1) is 14.3. The van der Waals surface area contributed by atoms with E-state index in [0.717, 1.165) is 0 Å². The molecular weight excluding hydrogens is 274 g/mol. The number of fused-ring (bicyclic) bond motifs is 1. The maximum Gasteiger partial charge on any atom is 0.311 e. The van der Waals surface area contributed by atoms with Gasteiger partial charge in [-0.1, -0.05) is 12.2 Å². The number of likely N-dealkylation sites (tertiary alicyclic amines) is 1. The number of nitrogens with zero attached hydrogens (tertiary/aromatic N) is 1. The van der Waals surface area contributed by atoms with Crippen LogP contribution in [0.1, 0.15) is 25.7 Å². The fraction of sp³-hybridized carbons (Fsp3) is 0.667. The molecule has 2 saturated heterocycles. The highest BCUT2D eigenvalue weighted by Crippen LogP contribution is 2.39. The summed E-state index contributed by atoms with van der Waals surface area (Å²) < 4.78 is 5.23. The van der Waals surface area contributed by atoms with Crippen LogP contribution in [0.15, 0.2) is 12.2 Å². The van der Waals surface area contributed by atoms with Crippen molar-refractivity contribution in [1.29, 1.82) is 0 Å². The van der Waals surface area contributed by atoms with Crippen molar-refractivity contribution < 1.29 is 24.2 Å². The highest BCUT2D eigenvalue weighted by Gasteiger charge is 2.51. The molecule has 0 unspecified atom stereocenters. The molecule has 2 fully saturated rings. The van der Waals surface area contributed by atoms with Gasteiger partial charge in [-0.05, 0) is 25.7 Å². The first-order chi connectivity index (χ1) is 10.1. The summed E-state index contributed by atoms with van der Waals surface area (Å²) in [7, 11) is 0. The zero-order chi connectivity index (χ0) is 15.0. The topological polar surface area (TPSA) is 83.9 Å². The second kappa shape index (κ2) is 5.26. The minimum atomic E-state index is -1.05. The van der Waals surface area contributed by atoms with E-state index in [0.29, 0.717) is 38.9 Å². The van der Waals surface area contributed by atoms with E-state index in [9.17, 15) is 19.5 Å². The second-order valence-electron chi connectivity index (χ2n) is 6.12. The molecular formula is C15H19NO5. The number of carbonyl (C=O) groups is 3. The summed E-state index contributed by atoms with van der Waals surface area (Å²) in [4.78, 5) is 37.7. The third-order valence-corrected chi connectivity index (χ3v) is 4.96.